The fourth-order valence-electron chi connectivity index (χ4n) is 1.20. The average Bonchev–Trinajstić information content (AvgIpc) is 1.87. The molecule has 2 heteroatoms. The third-order valence-corrected chi connectivity index (χ3v) is 1.98. The zero-order valence-corrected chi connectivity index (χ0v) is 8.35. The normalized spacial score (nSPS) is 12.5. The molecule has 11 heavy (non-hydrogen) atoms. The molecular weight excluding hydrogens is 136 g/mol. The topological polar surface area (TPSA) is 29.3 Å². The molecule has 2 nitrogen and oxygen atoms in total. The van der Waals surface area contributed by atoms with Gasteiger partial charge in [0.15, 0.2) is 0 Å². The Labute approximate surface area is 70.8 Å². The fourth-order valence-corrected chi connectivity index (χ4v) is 1.20. The Balaban J connectivity index is 3.76. The number of hydrogen-bond acceptors (Lipinski definition) is 2. The van der Waals surface area contributed by atoms with Crippen LogP contribution in [-0.2, 0) is 0 Å². The Morgan fingerprint density at radius 3 is 2.09 bits per heavy atom. The summed E-state index contributed by atoms with van der Waals surface area (Å²) in [4.78, 5) is 2.30. The van der Waals surface area contributed by atoms with E-state index in [4.69, 9.17) is 5.73 Å². The molecule has 0 aromatic carbocycles. The number of unbranched alkanes of at least 4 members (excludes halogenated alkanes) is 1. The molecule has 0 atom stereocenters. The van der Waals surface area contributed by atoms with Gasteiger partial charge in [0.25, 0.3) is 0 Å². The van der Waals surface area contributed by atoms with Gasteiger partial charge in [0.2, 0.25) is 0 Å². The lowest BCUT2D eigenvalue weighted by Crippen LogP contribution is -2.51. The highest BCUT2D eigenvalue weighted by Gasteiger charge is 2.18. The molecule has 0 radical (unpaired) electrons. The van der Waals surface area contributed by atoms with Crippen molar-refractivity contribution >= 4 is 0 Å². The zero-order valence-electron chi connectivity index (χ0n) is 8.35. The van der Waals surface area contributed by atoms with Crippen LogP contribution < -0.4 is 5.73 Å². The van der Waals surface area contributed by atoms with Gasteiger partial charge in [-0.15, -0.1) is 0 Å². The Hall–Kier alpha value is -0.0800. The van der Waals surface area contributed by atoms with Crippen molar-refractivity contribution in [2.75, 3.05) is 13.1 Å². The molecule has 0 aromatic rings. The quantitative estimate of drug-likeness (QED) is 0.618. The van der Waals surface area contributed by atoms with Gasteiger partial charge in [0.05, 0.1) is 5.66 Å². The van der Waals surface area contributed by atoms with Gasteiger partial charge >= 0.3 is 0 Å². The smallest absolute Gasteiger partial charge is 0.0629 e. The zero-order chi connectivity index (χ0) is 8.91. The molecule has 0 aliphatic heterocycles. The SMILES string of the molecule is CCCCN(CC)C(C)(C)N. The Morgan fingerprint density at radius 1 is 1.27 bits per heavy atom. The molecule has 0 saturated carbocycles. The minimum Gasteiger partial charge on any atom is -0.314 e. The van der Waals surface area contributed by atoms with Crippen LogP contribution in [0.1, 0.15) is 40.5 Å². The highest BCUT2D eigenvalue weighted by molar-refractivity contribution is 4.72. The van der Waals surface area contributed by atoms with Crippen molar-refractivity contribution in [3.05, 3.63) is 0 Å². The number of nitrogens with two attached hydrogens (primary N) is 1. The van der Waals surface area contributed by atoms with E-state index in [1.54, 1.807) is 0 Å². The molecular formula is C9H22N2. The lowest BCUT2D eigenvalue weighted by atomic mass is 10.2. The number of hydrogen-bond donors (Lipinski definition) is 1. The third-order valence-electron chi connectivity index (χ3n) is 1.98. The maximum atomic E-state index is 5.96. The molecule has 68 valence electrons. The highest BCUT2D eigenvalue weighted by atomic mass is 15.2. The Bertz CT molecular complexity index is 94.2. The van der Waals surface area contributed by atoms with Crippen LogP contribution in [0.15, 0.2) is 0 Å². The second-order valence-electron chi connectivity index (χ2n) is 3.59. The predicted octanol–water partition coefficient (Wildman–Crippen LogP) is 1.80. The summed E-state index contributed by atoms with van der Waals surface area (Å²) < 4.78 is 0. The van der Waals surface area contributed by atoms with E-state index in [2.05, 4.69) is 32.6 Å². The van der Waals surface area contributed by atoms with E-state index in [9.17, 15) is 0 Å². The van der Waals surface area contributed by atoms with Crippen LogP contribution in [0.5, 0.6) is 0 Å². The summed E-state index contributed by atoms with van der Waals surface area (Å²) in [7, 11) is 0. The van der Waals surface area contributed by atoms with Gasteiger partial charge in [0.1, 0.15) is 0 Å². The molecule has 0 bridgehead atoms. The van der Waals surface area contributed by atoms with Gasteiger partial charge in [-0.1, -0.05) is 20.3 Å². The van der Waals surface area contributed by atoms with Crippen molar-refractivity contribution in [3.8, 4) is 0 Å². The van der Waals surface area contributed by atoms with Gasteiger partial charge in [-0.25, -0.2) is 0 Å². The minimum absolute atomic E-state index is 0.149. The minimum atomic E-state index is -0.149. The standard InChI is InChI=1S/C9H22N2/c1-5-7-8-11(6-2)9(3,4)10/h5-8,10H2,1-4H3. The van der Waals surface area contributed by atoms with E-state index in [0.717, 1.165) is 13.1 Å². The van der Waals surface area contributed by atoms with Crippen LogP contribution in [0.2, 0.25) is 0 Å². The first-order chi connectivity index (χ1) is 5.02. The van der Waals surface area contributed by atoms with Gasteiger partial charge in [-0.2, -0.15) is 0 Å². The highest BCUT2D eigenvalue weighted by Crippen LogP contribution is 2.07. The Morgan fingerprint density at radius 2 is 1.82 bits per heavy atom. The summed E-state index contributed by atoms with van der Waals surface area (Å²) >= 11 is 0. The predicted molar refractivity (Wildman–Crippen MR) is 50.4 cm³/mol. The van der Waals surface area contributed by atoms with E-state index >= 15 is 0 Å². The third kappa shape index (κ3) is 4.38. The van der Waals surface area contributed by atoms with E-state index in [1.807, 2.05) is 0 Å². The van der Waals surface area contributed by atoms with E-state index in [0.29, 0.717) is 0 Å². The molecule has 0 unspecified atom stereocenters. The molecule has 0 amide bonds. The second-order valence-corrected chi connectivity index (χ2v) is 3.59. The molecule has 0 aromatic heterocycles. The molecule has 0 saturated heterocycles. The first-order valence-corrected chi connectivity index (χ1v) is 4.56. The molecule has 0 aliphatic carbocycles. The monoisotopic (exact) mass is 158 g/mol. The van der Waals surface area contributed by atoms with Crippen LogP contribution >= 0.6 is 0 Å². The second kappa shape index (κ2) is 4.73. The van der Waals surface area contributed by atoms with Crippen LogP contribution in [-0.4, -0.2) is 23.7 Å². The summed E-state index contributed by atoms with van der Waals surface area (Å²) in [6.07, 6.45) is 2.49. The van der Waals surface area contributed by atoms with Gasteiger partial charge in [0, 0.05) is 0 Å². The summed E-state index contributed by atoms with van der Waals surface area (Å²) in [5.41, 5.74) is 5.81. The van der Waals surface area contributed by atoms with Crippen molar-refractivity contribution < 1.29 is 0 Å². The largest absolute Gasteiger partial charge is 0.314 e. The number of rotatable bonds is 5. The first kappa shape index (κ1) is 10.9. The lowest BCUT2D eigenvalue weighted by molar-refractivity contribution is 0.131. The molecule has 0 aliphatic rings. The number of nitrogens with zero attached hydrogens (tertiary/aromatic N) is 1. The average molecular weight is 158 g/mol. The van der Waals surface area contributed by atoms with Crippen molar-refractivity contribution in [2.24, 2.45) is 5.73 Å². The van der Waals surface area contributed by atoms with Crippen molar-refractivity contribution in [1.82, 2.24) is 4.90 Å². The van der Waals surface area contributed by atoms with Gasteiger partial charge in [-0.05, 0) is 33.4 Å². The van der Waals surface area contributed by atoms with Crippen molar-refractivity contribution in [1.29, 1.82) is 0 Å². The molecule has 0 rings (SSSR count). The maximum Gasteiger partial charge on any atom is 0.0629 e. The Kier molecular flexibility index (Phi) is 4.69. The molecule has 0 spiro atoms. The molecule has 0 heterocycles. The van der Waals surface area contributed by atoms with Crippen LogP contribution in [0.3, 0.4) is 0 Å². The van der Waals surface area contributed by atoms with Crippen LogP contribution in [0, 0.1) is 0 Å². The summed E-state index contributed by atoms with van der Waals surface area (Å²) in [6.45, 7) is 10.7. The van der Waals surface area contributed by atoms with E-state index < -0.39 is 0 Å². The van der Waals surface area contributed by atoms with Crippen molar-refractivity contribution in [2.45, 2.75) is 46.2 Å². The van der Waals surface area contributed by atoms with E-state index in [1.165, 1.54) is 12.8 Å². The van der Waals surface area contributed by atoms with Gasteiger partial charge in [-0.3, -0.25) is 4.90 Å². The maximum absolute atomic E-state index is 5.96. The van der Waals surface area contributed by atoms with Crippen LogP contribution in [0.25, 0.3) is 0 Å². The van der Waals surface area contributed by atoms with E-state index in [-0.39, 0.29) is 5.66 Å². The van der Waals surface area contributed by atoms with Crippen LogP contribution in [0.4, 0.5) is 0 Å². The van der Waals surface area contributed by atoms with Gasteiger partial charge < -0.3 is 5.73 Å². The lowest BCUT2D eigenvalue weighted by Gasteiger charge is -2.34. The first-order valence-electron chi connectivity index (χ1n) is 4.56. The molecule has 2 N–H and O–H groups in total. The molecule has 0 fully saturated rings. The summed E-state index contributed by atoms with van der Waals surface area (Å²) in [5, 5.41) is 0. The summed E-state index contributed by atoms with van der Waals surface area (Å²) in [6, 6.07) is 0. The fraction of sp³-hybridized carbons (Fsp3) is 1.00. The van der Waals surface area contributed by atoms with Crippen molar-refractivity contribution in [3.63, 3.8) is 0 Å². The summed E-state index contributed by atoms with van der Waals surface area (Å²) in [5.74, 6) is 0.